The van der Waals surface area contributed by atoms with Gasteiger partial charge < -0.3 is 0 Å². The number of halogens is 1. The Hall–Kier alpha value is -1.11. The van der Waals surface area contributed by atoms with E-state index in [1.165, 1.54) is 20.4 Å². The summed E-state index contributed by atoms with van der Waals surface area (Å²) < 4.78 is 26.1. The van der Waals surface area contributed by atoms with E-state index in [1.807, 2.05) is 0 Å². The van der Waals surface area contributed by atoms with Crippen LogP contribution >= 0.6 is 11.6 Å². The summed E-state index contributed by atoms with van der Waals surface area (Å²) in [5.41, 5.74) is 1.07. The van der Waals surface area contributed by atoms with Crippen LogP contribution in [0.4, 0.5) is 0 Å². The van der Waals surface area contributed by atoms with Crippen LogP contribution < -0.4 is 0 Å². The van der Waals surface area contributed by atoms with Gasteiger partial charge in [0.05, 0.1) is 11.0 Å². The van der Waals surface area contributed by atoms with Crippen molar-refractivity contribution in [2.24, 2.45) is 0 Å². The van der Waals surface area contributed by atoms with Crippen molar-refractivity contribution in [3.63, 3.8) is 0 Å². The fourth-order valence-electron chi connectivity index (χ4n) is 1.32. The van der Waals surface area contributed by atoms with Gasteiger partial charge in [-0.2, -0.15) is 12.7 Å². The molecule has 0 aliphatic heterocycles. The monoisotopic (exact) mass is 259 g/mol. The molecule has 0 aliphatic carbocycles. The van der Waals surface area contributed by atoms with Gasteiger partial charge in [-0.05, 0) is 18.2 Å². The first-order chi connectivity index (χ1) is 7.43. The number of nitrogens with zero attached hydrogens (tertiary/aromatic N) is 3. The smallest absolute Gasteiger partial charge is 0.236 e. The highest BCUT2D eigenvalue weighted by Gasteiger charge is 2.18. The number of imidazole rings is 1. The van der Waals surface area contributed by atoms with Gasteiger partial charge in [0.15, 0.2) is 0 Å². The van der Waals surface area contributed by atoms with Gasteiger partial charge in [-0.1, -0.05) is 11.6 Å². The van der Waals surface area contributed by atoms with E-state index in [0.29, 0.717) is 16.1 Å². The predicted octanol–water partition coefficient (Wildman–Crippen LogP) is 1.34. The average Bonchev–Trinajstić information content (AvgIpc) is 2.60. The van der Waals surface area contributed by atoms with E-state index in [2.05, 4.69) is 4.98 Å². The average molecular weight is 260 g/mol. The zero-order valence-electron chi connectivity index (χ0n) is 8.75. The first-order valence-corrected chi connectivity index (χ1v) is 6.26. The van der Waals surface area contributed by atoms with E-state index in [0.717, 1.165) is 8.28 Å². The second-order valence-electron chi connectivity index (χ2n) is 3.46. The van der Waals surface area contributed by atoms with Crippen molar-refractivity contribution in [3.05, 3.63) is 29.5 Å². The molecule has 0 N–H and O–H groups in total. The zero-order valence-corrected chi connectivity index (χ0v) is 10.3. The summed E-state index contributed by atoms with van der Waals surface area (Å²) in [5.74, 6) is 0. The van der Waals surface area contributed by atoms with Gasteiger partial charge >= 0.3 is 10.2 Å². The van der Waals surface area contributed by atoms with Crippen LogP contribution in [0.2, 0.25) is 5.02 Å². The Morgan fingerprint density at radius 2 is 2.06 bits per heavy atom. The van der Waals surface area contributed by atoms with Crippen molar-refractivity contribution < 1.29 is 8.42 Å². The number of aromatic nitrogens is 2. The topological polar surface area (TPSA) is 55.2 Å². The van der Waals surface area contributed by atoms with Crippen molar-refractivity contribution in [3.8, 4) is 0 Å². The fraction of sp³-hybridized carbons (Fsp3) is 0.222. The van der Waals surface area contributed by atoms with Crippen molar-refractivity contribution >= 4 is 32.8 Å². The molecule has 0 fully saturated rings. The molecular formula is C9H10ClN3O2S. The highest BCUT2D eigenvalue weighted by molar-refractivity contribution is 7.87. The van der Waals surface area contributed by atoms with Gasteiger partial charge in [0.2, 0.25) is 0 Å². The minimum atomic E-state index is -3.55. The second-order valence-corrected chi connectivity index (χ2v) is 5.92. The van der Waals surface area contributed by atoms with Gasteiger partial charge in [-0.3, -0.25) is 0 Å². The minimum absolute atomic E-state index is 0.473. The van der Waals surface area contributed by atoms with E-state index in [1.54, 1.807) is 18.2 Å². The van der Waals surface area contributed by atoms with E-state index in [9.17, 15) is 8.42 Å². The molecule has 2 rings (SSSR count). The summed E-state index contributed by atoms with van der Waals surface area (Å²) in [5, 5.41) is 0.475. The molecule has 16 heavy (non-hydrogen) atoms. The van der Waals surface area contributed by atoms with E-state index in [-0.39, 0.29) is 0 Å². The van der Waals surface area contributed by atoms with Gasteiger partial charge in [0.1, 0.15) is 6.33 Å². The molecule has 0 aliphatic rings. The molecule has 1 heterocycles. The van der Waals surface area contributed by atoms with Crippen LogP contribution in [-0.2, 0) is 10.2 Å². The quantitative estimate of drug-likeness (QED) is 0.818. The van der Waals surface area contributed by atoms with Crippen LogP contribution in [0.1, 0.15) is 0 Å². The predicted molar refractivity (Wildman–Crippen MR) is 62.7 cm³/mol. The molecule has 1 aromatic carbocycles. The highest BCUT2D eigenvalue weighted by atomic mass is 35.5. The lowest BCUT2D eigenvalue weighted by molar-refractivity contribution is 0.512. The third-order valence-corrected chi connectivity index (χ3v) is 4.13. The maximum absolute atomic E-state index is 11.9. The third kappa shape index (κ3) is 1.68. The molecule has 86 valence electrons. The maximum Gasteiger partial charge on any atom is 0.308 e. The molecule has 0 radical (unpaired) electrons. The Balaban J connectivity index is 2.76. The lowest BCUT2D eigenvalue weighted by Crippen LogP contribution is -2.28. The van der Waals surface area contributed by atoms with Gasteiger partial charge in [-0.25, -0.2) is 8.96 Å². The zero-order chi connectivity index (χ0) is 11.9. The number of hydrogen-bond acceptors (Lipinski definition) is 3. The summed E-state index contributed by atoms with van der Waals surface area (Å²) in [7, 11) is -0.620. The second kappa shape index (κ2) is 3.73. The molecular weight excluding hydrogens is 250 g/mol. The number of benzene rings is 1. The fourth-order valence-corrected chi connectivity index (χ4v) is 2.40. The normalized spacial score (nSPS) is 12.5. The van der Waals surface area contributed by atoms with Crippen LogP contribution in [0.5, 0.6) is 0 Å². The Labute approximate surface area is 98.4 Å². The highest BCUT2D eigenvalue weighted by Crippen LogP contribution is 2.20. The van der Waals surface area contributed by atoms with Crippen molar-refractivity contribution in [2.75, 3.05) is 14.1 Å². The molecule has 0 saturated heterocycles. The standard InChI is InChI=1S/C9H10ClN3O2S/c1-12(2)16(14,15)13-6-11-8-4-3-7(10)5-9(8)13/h3-6H,1-2H3. The Morgan fingerprint density at radius 3 is 2.69 bits per heavy atom. The molecule has 2 aromatic rings. The van der Waals surface area contributed by atoms with Crippen LogP contribution in [0.15, 0.2) is 24.5 Å². The van der Waals surface area contributed by atoms with Gasteiger partial charge in [-0.15, -0.1) is 0 Å². The van der Waals surface area contributed by atoms with Gasteiger partial charge in [0, 0.05) is 19.1 Å². The molecule has 0 spiro atoms. The van der Waals surface area contributed by atoms with E-state index in [4.69, 9.17) is 11.6 Å². The SMILES string of the molecule is CN(C)S(=O)(=O)n1cnc2ccc(Cl)cc21. The summed E-state index contributed by atoms with van der Waals surface area (Å²) in [6.45, 7) is 0. The molecule has 1 aromatic heterocycles. The molecule has 7 heteroatoms. The van der Waals surface area contributed by atoms with Crippen LogP contribution in [0, 0.1) is 0 Å². The van der Waals surface area contributed by atoms with E-state index >= 15 is 0 Å². The molecule has 0 unspecified atom stereocenters. The van der Waals surface area contributed by atoms with Gasteiger partial charge in [0.25, 0.3) is 0 Å². The Morgan fingerprint density at radius 1 is 1.38 bits per heavy atom. The van der Waals surface area contributed by atoms with Crippen molar-refractivity contribution in [1.82, 2.24) is 13.3 Å². The molecule has 5 nitrogen and oxygen atoms in total. The largest absolute Gasteiger partial charge is 0.308 e. The van der Waals surface area contributed by atoms with Crippen LogP contribution in [-0.4, -0.2) is 35.8 Å². The Bertz CT molecular complexity index is 633. The lowest BCUT2D eigenvalue weighted by atomic mass is 10.3. The number of rotatable bonds is 2. The third-order valence-electron chi connectivity index (χ3n) is 2.19. The summed E-state index contributed by atoms with van der Waals surface area (Å²) in [6.07, 6.45) is 1.27. The summed E-state index contributed by atoms with van der Waals surface area (Å²) >= 11 is 5.83. The molecule has 0 atom stereocenters. The van der Waals surface area contributed by atoms with Crippen molar-refractivity contribution in [1.29, 1.82) is 0 Å². The number of fused-ring (bicyclic) bond motifs is 1. The molecule has 0 amide bonds. The first kappa shape index (κ1) is 11.4. The molecule has 0 saturated carbocycles. The summed E-state index contributed by atoms with van der Waals surface area (Å²) in [4.78, 5) is 4.01. The van der Waals surface area contributed by atoms with E-state index < -0.39 is 10.2 Å². The maximum atomic E-state index is 11.9. The lowest BCUT2D eigenvalue weighted by Gasteiger charge is -2.12. The first-order valence-electron chi connectivity index (χ1n) is 4.48. The molecule has 0 bridgehead atoms. The Kier molecular flexibility index (Phi) is 2.65. The van der Waals surface area contributed by atoms with Crippen LogP contribution in [0.25, 0.3) is 11.0 Å². The summed E-state index contributed by atoms with van der Waals surface area (Å²) in [6, 6.07) is 4.92. The van der Waals surface area contributed by atoms with Crippen LogP contribution in [0.3, 0.4) is 0 Å². The van der Waals surface area contributed by atoms with Crippen molar-refractivity contribution in [2.45, 2.75) is 0 Å². The minimum Gasteiger partial charge on any atom is -0.236 e. The number of hydrogen-bond donors (Lipinski definition) is 0.